The number of nitrogens with one attached hydrogen (secondary N) is 1. The predicted octanol–water partition coefficient (Wildman–Crippen LogP) is 2.87. The Hall–Kier alpha value is -1.76. The normalized spacial score (nSPS) is 18.3. The predicted molar refractivity (Wildman–Crippen MR) is 93.0 cm³/mol. The van der Waals surface area contributed by atoms with Gasteiger partial charge < -0.3 is 4.74 Å². The minimum atomic E-state index is -3.83. The average Bonchev–Trinajstić information content (AvgIpc) is 2.55. The van der Waals surface area contributed by atoms with Crippen LogP contribution in [0.5, 0.6) is 0 Å². The number of ketones is 1. The van der Waals surface area contributed by atoms with Gasteiger partial charge in [-0.3, -0.25) is 4.79 Å². The first-order valence-corrected chi connectivity index (χ1v) is 9.11. The smallest absolute Gasteiger partial charge is 0.243 e. The first kappa shape index (κ1) is 18.6. The van der Waals surface area contributed by atoms with Crippen LogP contribution in [0.3, 0.4) is 0 Å². The Bertz CT molecular complexity index is 818. The third-order valence-corrected chi connectivity index (χ3v) is 6.23. The summed E-state index contributed by atoms with van der Waals surface area (Å²) in [4.78, 5) is 12.4. The zero-order valence-electron chi connectivity index (χ0n) is 14.9. The molecule has 1 aromatic carbocycles. The highest BCUT2D eigenvalue weighted by Gasteiger charge is 2.44. The molecule has 5 nitrogen and oxygen atoms in total. The van der Waals surface area contributed by atoms with Crippen molar-refractivity contribution >= 4 is 15.8 Å². The van der Waals surface area contributed by atoms with E-state index in [2.05, 4.69) is 4.72 Å². The van der Waals surface area contributed by atoms with E-state index in [1.54, 1.807) is 52.0 Å². The largest absolute Gasteiger partial charge is 0.355 e. The second-order valence-corrected chi connectivity index (χ2v) is 7.82. The minimum absolute atomic E-state index is 0.0905. The molecule has 1 aliphatic rings. The van der Waals surface area contributed by atoms with Crippen molar-refractivity contribution in [3.63, 3.8) is 0 Å². The van der Waals surface area contributed by atoms with Crippen molar-refractivity contribution in [3.8, 4) is 0 Å². The lowest BCUT2D eigenvalue weighted by Gasteiger charge is -2.39. The Balaban J connectivity index is 2.59. The molecule has 0 aliphatic heterocycles. The van der Waals surface area contributed by atoms with E-state index in [9.17, 15) is 13.2 Å². The van der Waals surface area contributed by atoms with Gasteiger partial charge >= 0.3 is 0 Å². The summed E-state index contributed by atoms with van der Waals surface area (Å²) in [6, 6.07) is 6.57. The molecule has 0 atom stereocenters. The molecule has 0 aromatic heterocycles. The summed E-state index contributed by atoms with van der Waals surface area (Å²) in [5, 5.41) is 0. The van der Waals surface area contributed by atoms with Gasteiger partial charge in [0.05, 0.1) is 4.90 Å². The third kappa shape index (κ3) is 2.85. The fourth-order valence-electron chi connectivity index (χ4n) is 2.90. The van der Waals surface area contributed by atoms with Gasteiger partial charge in [-0.15, -0.1) is 0 Å². The standard InChI is InChI=1S/C18H23NO4S/c1-11-7-9-16(10-8-11)24(21,22)19-18(23-6)14(4)12(2)17(20)13(3)15(18)5/h7-10,19H,1-6H3. The van der Waals surface area contributed by atoms with Crippen molar-refractivity contribution in [1.82, 2.24) is 4.72 Å². The topological polar surface area (TPSA) is 72.5 Å². The molecule has 6 heteroatoms. The molecular formula is C18H23NO4S. The number of aryl methyl sites for hydroxylation is 1. The molecule has 0 spiro atoms. The quantitative estimate of drug-likeness (QED) is 0.849. The number of allylic oxidation sites excluding steroid dienone is 2. The Kier molecular flexibility index (Phi) is 4.86. The molecule has 0 bridgehead atoms. The van der Waals surface area contributed by atoms with E-state index in [1.807, 2.05) is 6.92 Å². The Morgan fingerprint density at radius 3 is 1.79 bits per heavy atom. The number of sulfonamides is 1. The molecule has 0 heterocycles. The first-order valence-electron chi connectivity index (χ1n) is 7.63. The molecule has 0 saturated carbocycles. The van der Waals surface area contributed by atoms with Gasteiger partial charge in [-0.25, -0.2) is 8.42 Å². The lowest BCUT2D eigenvalue weighted by Crippen LogP contribution is -2.54. The van der Waals surface area contributed by atoms with Crippen LogP contribution < -0.4 is 4.72 Å². The van der Waals surface area contributed by atoms with E-state index in [0.717, 1.165) is 5.56 Å². The van der Waals surface area contributed by atoms with Crippen LogP contribution in [0.15, 0.2) is 51.5 Å². The van der Waals surface area contributed by atoms with Gasteiger partial charge in [0.25, 0.3) is 0 Å². The van der Waals surface area contributed by atoms with Gasteiger partial charge in [-0.05, 0) is 57.9 Å². The van der Waals surface area contributed by atoms with Crippen LogP contribution in [0.2, 0.25) is 0 Å². The van der Waals surface area contributed by atoms with Crippen molar-refractivity contribution in [2.24, 2.45) is 0 Å². The lowest BCUT2D eigenvalue weighted by atomic mass is 9.81. The highest BCUT2D eigenvalue weighted by Crippen LogP contribution is 2.37. The number of hydrogen-bond acceptors (Lipinski definition) is 4. The maximum absolute atomic E-state index is 12.8. The van der Waals surface area contributed by atoms with Gasteiger partial charge in [0.15, 0.2) is 11.5 Å². The molecule has 0 radical (unpaired) electrons. The van der Waals surface area contributed by atoms with Crippen LogP contribution in [0.1, 0.15) is 33.3 Å². The average molecular weight is 349 g/mol. The monoisotopic (exact) mass is 349 g/mol. The zero-order valence-corrected chi connectivity index (χ0v) is 15.7. The fraction of sp³-hybridized carbons (Fsp3) is 0.389. The minimum Gasteiger partial charge on any atom is -0.355 e. The van der Waals surface area contributed by atoms with Crippen LogP contribution in [-0.4, -0.2) is 27.0 Å². The van der Waals surface area contributed by atoms with Gasteiger partial charge in [-0.2, -0.15) is 4.72 Å². The Morgan fingerprint density at radius 2 is 1.38 bits per heavy atom. The molecule has 1 aromatic rings. The summed E-state index contributed by atoms with van der Waals surface area (Å²) in [6.45, 7) is 8.68. The van der Waals surface area contributed by atoms with Crippen LogP contribution in [0.25, 0.3) is 0 Å². The van der Waals surface area contributed by atoms with Crippen molar-refractivity contribution in [1.29, 1.82) is 0 Å². The van der Waals surface area contributed by atoms with Crippen molar-refractivity contribution in [3.05, 3.63) is 52.1 Å². The van der Waals surface area contributed by atoms with E-state index in [-0.39, 0.29) is 10.7 Å². The molecule has 2 rings (SSSR count). The van der Waals surface area contributed by atoms with Crippen LogP contribution in [0.4, 0.5) is 0 Å². The summed E-state index contributed by atoms with van der Waals surface area (Å²) < 4.78 is 34.0. The maximum Gasteiger partial charge on any atom is 0.243 e. The maximum atomic E-state index is 12.8. The van der Waals surface area contributed by atoms with E-state index < -0.39 is 15.7 Å². The SMILES string of the molecule is COC1(NS(=O)(=O)c2ccc(C)cc2)C(C)=C(C)C(=O)C(C)=C1C. The van der Waals surface area contributed by atoms with Crippen LogP contribution in [0, 0.1) is 6.92 Å². The first-order chi connectivity index (χ1) is 11.1. The Morgan fingerprint density at radius 1 is 0.917 bits per heavy atom. The second kappa shape index (κ2) is 6.27. The summed E-state index contributed by atoms with van der Waals surface area (Å²) in [7, 11) is -2.40. The molecule has 0 unspecified atom stereocenters. The number of benzene rings is 1. The van der Waals surface area contributed by atoms with Crippen LogP contribution in [-0.2, 0) is 19.6 Å². The van der Waals surface area contributed by atoms with E-state index >= 15 is 0 Å². The molecule has 0 saturated heterocycles. The van der Waals surface area contributed by atoms with Crippen LogP contribution >= 0.6 is 0 Å². The zero-order chi connectivity index (χ0) is 18.3. The second-order valence-electron chi connectivity index (χ2n) is 6.13. The number of methoxy groups -OCH3 is 1. The van der Waals surface area contributed by atoms with E-state index in [4.69, 9.17) is 4.74 Å². The Labute approximate surface area is 143 Å². The third-order valence-electron chi connectivity index (χ3n) is 4.78. The number of carbonyl (C=O) groups excluding carboxylic acids is 1. The molecule has 1 N–H and O–H groups in total. The number of rotatable bonds is 4. The van der Waals surface area contributed by atoms with E-state index in [1.165, 1.54) is 7.11 Å². The van der Waals surface area contributed by atoms with Gasteiger partial charge in [-0.1, -0.05) is 17.7 Å². The number of ether oxygens (including phenoxy) is 1. The van der Waals surface area contributed by atoms with Gasteiger partial charge in [0, 0.05) is 18.3 Å². The van der Waals surface area contributed by atoms with Crippen molar-refractivity contribution in [2.45, 2.75) is 45.2 Å². The summed E-state index contributed by atoms with van der Waals surface area (Å²) in [5.74, 6) is -0.0905. The van der Waals surface area contributed by atoms with E-state index in [0.29, 0.717) is 22.3 Å². The summed E-state index contributed by atoms with van der Waals surface area (Å²) in [5.41, 5.74) is 1.70. The lowest BCUT2D eigenvalue weighted by molar-refractivity contribution is -0.113. The highest BCUT2D eigenvalue weighted by molar-refractivity contribution is 7.89. The number of carbonyl (C=O) groups is 1. The molecule has 0 fully saturated rings. The van der Waals surface area contributed by atoms with Crippen molar-refractivity contribution in [2.75, 3.05) is 7.11 Å². The number of hydrogen-bond donors (Lipinski definition) is 1. The molecular weight excluding hydrogens is 326 g/mol. The molecule has 0 amide bonds. The van der Waals surface area contributed by atoms with Crippen molar-refractivity contribution < 1.29 is 17.9 Å². The van der Waals surface area contributed by atoms with Gasteiger partial charge in [0.2, 0.25) is 10.0 Å². The fourth-order valence-corrected chi connectivity index (χ4v) is 4.28. The summed E-state index contributed by atoms with van der Waals surface area (Å²) in [6.07, 6.45) is 0. The highest BCUT2D eigenvalue weighted by atomic mass is 32.2. The molecule has 130 valence electrons. The molecule has 24 heavy (non-hydrogen) atoms. The number of Topliss-reactive ketones (excluding diaryl/α,β-unsaturated/α-hetero) is 1. The molecule has 1 aliphatic carbocycles. The van der Waals surface area contributed by atoms with Gasteiger partial charge in [0.1, 0.15) is 0 Å². The summed E-state index contributed by atoms with van der Waals surface area (Å²) >= 11 is 0.